The van der Waals surface area contributed by atoms with Crippen molar-refractivity contribution in [1.29, 1.82) is 10.5 Å². The minimum absolute atomic E-state index is 0.0127. The van der Waals surface area contributed by atoms with Gasteiger partial charge in [0.05, 0.1) is 4.24 Å². The number of allylic oxidation sites excluding steroid dienone is 1. The Bertz CT molecular complexity index is 541. The van der Waals surface area contributed by atoms with Gasteiger partial charge in [0.2, 0.25) is 11.5 Å². The zero-order valence-electron chi connectivity index (χ0n) is 9.18. The van der Waals surface area contributed by atoms with Gasteiger partial charge in [-0.3, -0.25) is 4.79 Å². The van der Waals surface area contributed by atoms with E-state index >= 15 is 0 Å². The number of nitriles is 2. The van der Waals surface area contributed by atoms with Gasteiger partial charge in [0.15, 0.2) is 5.76 Å². The minimum Gasteiger partial charge on any atom is -0.442 e. The Hall–Kier alpha value is -1.63. The van der Waals surface area contributed by atoms with Crippen LogP contribution in [0.1, 0.15) is 16.3 Å². The van der Waals surface area contributed by atoms with Crippen molar-refractivity contribution in [2.24, 2.45) is 0 Å². The third-order valence-corrected chi connectivity index (χ3v) is 4.00. The molecule has 0 saturated heterocycles. The number of nitrogens with zero attached hydrogens (tertiary/aromatic N) is 2. The van der Waals surface area contributed by atoms with Gasteiger partial charge in [0.25, 0.3) is 0 Å². The zero-order chi connectivity index (χ0) is 12.8. The molecule has 0 atom stereocenters. The molecular weight excluding hydrogens is 256 g/mol. The van der Waals surface area contributed by atoms with E-state index in [2.05, 4.69) is 0 Å². The number of ketones is 1. The van der Waals surface area contributed by atoms with E-state index in [9.17, 15) is 4.79 Å². The van der Waals surface area contributed by atoms with Crippen LogP contribution in [0.15, 0.2) is 26.4 Å². The summed E-state index contributed by atoms with van der Waals surface area (Å²) in [5.41, 5.74) is 0.0452. The smallest absolute Gasteiger partial charge is 0.240 e. The fraction of sp³-hybridized carbons (Fsp3) is 0.182. The molecule has 1 rings (SSSR count). The van der Waals surface area contributed by atoms with Crippen molar-refractivity contribution in [2.75, 3.05) is 12.5 Å². The summed E-state index contributed by atoms with van der Waals surface area (Å²) in [4.78, 5) is 12.0. The summed E-state index contributed by atoms with van der Waals surface area (Å²) in [5.74, 6) is -0.424. The van der Waals surface area contributed by atoms with Gasteiger partial charge in [-0.25, -0.2) is 0 Å². The fourth-order valence-electron chi connectivity index (χ4n) is 1.12. The molecule has 17 heavy (non-hydrogen) atoms. The predicted octanol–water partition coefficient (Wildman–Crippen LogP) is 2.80. The van der Waals surface area contributed by atoms with Gasteiger partial charge in [0, 0.05) is 0 Å². The molecule has 86 valence electrons. The van der Waals surface area contributed by atoms with Gasteiger partial charge in [-0.2, -0.15) is 10.5 Å². The van der Waals surface area contributed by atoms with Crippen LogP contribution in [0.3, 0.4) is 0 Å². The average molecular weight is 264 g/mol. The van der Waals surface area contributed by atoms with Crippen molar-refractivity contribution in [1.82, 2.24) is 0 Å². The van der Waals surface area contributed by atoms with Crippen LogP contribution in [0.4, 0.5) is 0 Å². The van der Waals surface area contributed by atoms with Crippen LogP contribution in [0.2, 0.25) is 0 Å². The maximum absolute atomic E-state index is 12.0. The number of hydrogen-bond donors (Lipinski definition) is 0. The van der Waals surface area contributed by atoms with Crippen LogP contribution in [-0.4, -0.2) is 18.3 Å². The lowest BCUT2D eigenvalue weighted by molar-refractivity contribution is 0.101. The minimum atomic E-state index is -0.493. The van der Waals surface area contributed by atoms with E-state index < -0.39 is 5.78 Å². The fourth-order valence-corrected chi connectivity index (χ4v) is 2.47. The molecule has 4 nitrogen and oxygen atoms in total. The van der Waals surface area contributed by atoms with Crippen LogP contribution in [0, 0.1) is 22.7 Å². The van der Waals surface area contributed by atoms with E-state index in [0.29, 0.717) is 4.24 Å². The van der Waals surface area contributed by atoms with Crippen molar-refractivity contribution >= 4 is 29.3 Å². The number of carbonyl (C=O) groups excluding carboxylic acids is 1. The summed E-state index contributed by atoms with van der Waals surface area (Å²) >= 11 is 2.66. The van der Waals surface area contributed by atoms with Gasteiger partial charge in [-0.15, -0.1) is 23.5 Å². The van der Waals surface area contributed by atoms with Gasteiger partial charge >= 0.3 is 0 Å². The predicted molar refractivity (Wildman–Crippen MR) is 67.4 cm³/mol. The molecule has 0 aliphatic heterocycles. The third-order valence-electron chi connectivity index (χ3n) is 1.85. The molecule has 1 aromatic rings. The lowest BCUT2D eigenvalue weighted by Crippen LogP contribution is -2.02. The second-order valence-corrected chi connectivity index (χ2v) is 4.68. The summed E-state index contributed by atoms with van der Waals surface area (Å²) in [5, 5.41) is 17.6. The first-order chi connectivity index (χ1) is 8.17. The van der Waals surface area contributed by atoms with Crippen molar-refractivity contribution in [2.45, 2.75) is 0 Å². The van der Waals surface area contributed by atoms with Crippen LogP contribution in [-0.2, 0) is 0 Å². The molecular formula is C11H8N2O2S2. The van der Waals surface area contributed by atoms with Crippen molar-refractivity contribution < 1.29 is 9.21 Å². The Morgan fingerprint density at radius 1 is 1.29 bits per heavy atom. The molecule has 0 spiro atoms. The number of rotatable bonds is 4. The van der Waals surface area contributed by atoms with Gasteiger partial charge < -0.3 is 4.42 Å². The Balaban J connectivity index is 3.16. The molecule has 6 heteroatoms. The molecule has 0 aliphatic rings. The first-order valence-corrected chi connectivity index (χ1v) is 6.89. The topological polar surface area (TPSA) is 77.8 Å². The number of hydrogen-bond acceptors (Lipinski definition) is 6. The van der Waals surface area contributed by atoms with Crippen molar-refractivity contribution in [3.8, 4) is 12.1 Å². The van der Waals surface area contributed by atoms with E-state index in [1.807, 2.05) is 6.07 Å². The normalized spacial score (nSPS) is 9.18. The van der Waals surface area contributed by atoms with Gasteiger partial charge in [-0.1, -0.05) is 0 Å². The molecule has 0 unspecified atom stereocenters. The van der Waals surface area contributed by atoms with Crippen LogP contribution >= 0.6 is 23.5 Å². The summed E-state index contributed by atoms with van der Waals surface area (Å²) in [6, 6.07) is 6.47. The summed E-state index contributed by atoms with van der Waals surface area (Å²) in [6.07, 6.45) is 3.58. The SMILES string of the molecule is CSC(SC)=C(C#N)C(=O)c1ccc(C#N)o1. The van der Waals surface area contributed by atoms with Crippen LogP contribution in [0.25, 0.3) is 0 Å². The quantitative estimate of drug-likeness (QED) is 0.472. The molecule has 0 fully saturated rings. The summed E-state index contributed by atoms with van der Waals surface area (Å²) in [7, 11) is 0. The van der Waals surface area contributed by atoms with E-state index in [1.165, 1.54) is 35.7 Å². The van der Waals surface area contributed by atoms with Crippen molar-refractivity contribution in [3.63, 3.8) is 0 Å². The van der Waals surface area contributed by atoms with Gasteiger partial charge in [-0.05, 0) is 24.6 Å². The first kappa shape index (κ1) is 13.4. The molecule has 1 aromatic heterocycles. The second-order valence-electron chi connectivity index (χ2n) is 2.79. The molecule has 0 bridgehead atoms. The molecule has 0 saturated carbocycles. The maximum atomic E-state index is 12.0. The number of furan rings is 1. The van der Waals surface area contributed by atoms with E-state index in [4.69, 9.17) is 14.9 Å². The Kier molecular flexibility index (Phi) is 4.89. The Morgan fingerprint density at radius 3 is 2.35 bits per heavy atom. The molecule has 0 amide bonds. The highest BCUT2D eigenvalue weighted by atomic mass is 32.2. The second kappa shape index (κ2) is 6.19. The molecule has 0 aromatic carbocycles. The molecule has 0 radical (unpaired) electrons. The lowest BCUT2D eigenvalue weighted by atomic mass is 10.2. The van der Waals surface area contributed by atoms with Crippen LogP contribution < -0.4 is 0 Å². The highest BCUT2D eigenvalue weighted by Gasteiger charge is 2.20. The zero-order valence-corrected chi connectivity index (χ0v) is 10.8. The average Bonchev–Trinajstić information content (AvgIpc) is 2.83. The summed E-state index contributed by atoms with van der Waals surface area (Å²) in [6.45, 7) is 0. The Morgan fingerprint density at radius 2 is 1.94 bits per heavy atom. The maximum Gasteiger partial charge on any atom is 0.240 e. The summed E-state index contributed by atoms with van der Waals surface area (Å²) < 4.78 is 5.63. The number of carbonyl (C=O) groups is 1. The lowest BCUT2D eigenvalue weighted by Gasteiger charge is -2.01. The highest BCUT2D eigenvalue weighted by Crippen LogP contribution is 2.29. The first-order valence-electron chi connectivity index (χ1n) is 4.45. The van der Waals surface area contributed by atoms with Gasteiger partial charge in [0.1, 0.15) is 17.7 Å². The number of thioether (sulfide) groups is 2. The highest BCUT2D eigenvalue weighted by molar-refractivity contribution is 8.21. The van der Waals surface area contributed by atoms with Crippen LogP contribution in [0.5, 0.6) is 0 Å². The number of Topliss-reactive ketones (excluding diaryl/α,β-unsaturated/α-hetero) is 1. The third kappa shape index (κ3) is 2.94. The largest absolute Gasteiger partial charge is 0.442 e. The molecule has 1 heterocycles. The molecule has 0 N–H and O–H groups in total. The monoisotopic (exact) mass is 264 g/mol. The Labute approximate surface area is 107 Å². The van der Waals surface area contributed by atoms with E-state index in [1.54, 1.807) is 18.6 Å². The van der Waals surface area contributed by atoms with E-state index in [0.717, 1.165) is 0 Å². The molecule has 0 aliphatic carbocycles. The van der Waals surface area contributed by atoms with E-state index in [-0.39, 0.29) is 17.1 Å². The van der Waals surface area contributed by atoms with Crippen molar-refractivity contribution in [3.05, 3.63) is 33.5 Å². The standard InChI is InChI=1S/C11H8N2O2S2/c1-16-11(17-2)8(6-13)10(14)9-4-3-7(5-12)15-9/h3-4H,1-2H3.